The highest BCUT2D eigenvalue weighted by atomic mass is 16.3. The minimum absolute atomic E-state index is 0.0176. The van der Waals surface area contributed by atoms with Crippen molar-refractivity contribution in [3.05, 3.63) is 41.7 Å². The molecule has 16 heavy (non-hydrogen) atoms. The summed E-state index contributed by atoms with van der Waals surface area (Å²) in [6, 6.07) is 10.1. The third kappa shape index (κ3) is 1.22. The third-order valence-electron chi connectivity index (χ3n) is 2.89. The van der Waals surface area contributed by atoms with Gasteiger partial charge < -0.3 is 10.1 Å². The Balaban J connectivity index is 2.51. The fourth-order valence-electron chi connectivity index (χ4n) is 2.15. The molecule has 0 radical (unpaired) electrons. The monoisotopic (exact) mass is 212 g/mol. The van der Waals surface area contributed by atoms with Crippen LogP contribution in [-0.2, 0) is 6.61 Å². The molecule has 0 aliphatic rings. The van der Waals surface area contributed by atoms with E-state index in [4.69, 9.17) is 5.11 Å². The number of nitrogens with zero attached hydrogens (tertiary/aromatic N) is 1. The van der Waals surface area contributed by atoms with Gasteiger partial charge in [0.15, 0.2) is 0 Å². The van der Waals surface area contributed by atoms with Gasteiger partial charge in [-0.05, 0) is 19.1 Å². The maximum atomic E-state index is 9.16. The third-order valence-corrected chi connectivity index (χ3v) is 2.89. The second kappa shape index (κ2) is 3.32. The summed E-state index contributed by atoms with van der Waals surface area (Å²) in [4.78, 5) is 7.69. The molecule has 80 valence electrons. The topological polar surface area (TPSA) is 48.9 Å². The normalized spacial score (nSPS) is 11.4. The predicted molar refractivity (Wildman–Crippen MR) is 64.3 cm³/mol. The summed E-state index contributed by atoms with van der Waals surface area (Å²) in [6.45, 7) is 1.94. The number of benzene rings is 1. The van der Waals surface area contributed by atoms with Gasteiger partial charge in [-0.25, -0.2) is 0 Å². The number of aliphatic hydroxyl groups excluding tert-OH is 1. The highest BCUT2D eigenvalue weighted by Gasteiger charge is 2.08. The number of rotatable bonds is 1. The SMILES string of the molecule is Cc1nc(CO)cc2c1[nH]c1ccccc12. The van der Waals surface area contributed by atoms with Crippen molar-refractivity contribution in [1.29, 1.82) is 0 Å². The van der Waals surface area contributed by atoms with Gasteiger partial charge in [0.25, 0.3) is 0 Å². The van der Waals surface area contributed by atoms with E-state index in [1.165, 1.54) is 5.39 Å². The van der Waals surface area contributed by atoms with Crippen molar-refractivity contribution >= 4 is 21.8 Å². The van der Waals surface area contributed by atoms with Crippen LogP contribution in [-0.4, -0.2) is 15.1 Å². The predicted octanol–water partition coefficient (Wildman–Crippen LogP) is 2.52. The lowest BCUT2D eigenvalue weighted by atomic mass is 10.1. The summed E-state index contributed by atoms with van der Waals surface area (Å²) in [5, 5.41) is 11.5. The summed E-state index contributed by atoms with van der Waals surface area (Å²) in [5.74, 6) is 0. The lowest BCUT2D eigenvalue weighted by Crippen LogP contribution is -1.92. The number of aliphatic hydroxyl groups is 1. The average Bonchev–Trinajstić information content (AvgIpc) is 2.68. The second-order valence-corrected chi connectivity index (χ2v) is 3.95. The van der Waals surface area contributed by atoms with Crippen LogP contribution in [0.2, 0.25) is 0 Å². The summed E-state index contributed by atoms with van der Waals surface area (Å²) in [5.41, 5.74) is 3.81. The molecule has 2 N–H and O–H groups in total. The first-order valence-corrected chi connectivity index (χ1v) is 5.27. The Morgan fingerprint density at radius 3 is 2.88 bits per heavy atom. The molecule has 2 heterocycles. The molecule has 2 aromatic heterocycles. The second-order valence-electron chi connectivity index (χ2n) is 3.95. The highest BCUT2D eigenvalue weighted by Crippen LogP contribution is 2.27. The van der Waals surface area contributed by atoms with Crippen LogP contribution in [0.25, 0.3) is 21.8 Å². The Morgan fingerprint density at radius 2 is 2.06 bits per heavy atom. The van der Waals surface area contributed by atoms with Gasteiger partial charge in [0.05, 0.1) is 23.5 Å². The van der Waals surface area contributed by atoms with Crippen LogP contribution in [0.5, 0.6) is 0 Å². The standard InChI is InChI=1S/C13H12N2O/c1-8-13-11(6-9(7-16)14-8)10-4-2-3-5-12(10)15-13/h2-6,15-16H,7H2,1H3. The maximum absolute atomic E-state index is 9.16. The quantitative estimate of drug-likeness (QED) is 0.651. The van der Waals surface area contributed by atoms with Gasteiger partial charge in [0.1, 0.15) is 0 Å². The Kier molecular flexibility index (Phi) is 1.94. The average molecular weight is 212 g/mol. The molecule has 3 heteroatoms. The fourth-order valence-corrected chi connectivity index (χ4v) is 2.15. The van der Waals surface area contributed by atoms with Gasteiger partial charge in [-0.3, -0.25) is 4.98 Å². The molecule has 0 spiro atoms. The molecule has 0 bridgehead atoms. The molecule has 0 saturated carbocycles. The zero-order valence-electron chi connectivity index (χ0n) is 8.99. The largest absolute Gasteiger partial charge is 0.390 e. The number of aromatic nitrogens is 2. The van der Waals surface area contributed by atoms with Gasteiger partial charge in [0, 0.05) is 16.3 Å². The van der Waals surface area contributed by atoms with Crippen LogP contribution < -0.4 is 0 Å². The lowest BCUT2D eigenvalue weighted by molar-refractivity contribution is 0.277. The summed E-state index contributed by atoms with van der Waals surface area (Å²) < 4.78 is 0. The number of hydrogen-bond donors (Lipinski definition) is 2. The van der Waals surface area contributed by atoms with E-state index in [2.05, 4.69) is 16.0 Å². The minimum Gasteiger partial charge on any atom is -0.390 e. The van der Waals surface area contributed by atoms with E-state index in [-0.39, 0.29) is 6.61 Å². The van der Waals surface area contributed by atoms with Crippen molar-refractivity contribution in [3.8, 4) is 0 Å². The van der Waals surface area contributed by atoms with Crippen LogP contribution in [0.1, 0.15) is 11.4 Å². The Hall–Kier alpha value is -1.87. The molecule has 3 aromatic rings. The van der Waals surface area contributed by atoms with Crippen LogP contribution in [0.15, 0.2) is 30.3 Å². The van der Waals surface area contributed by atoms with Crippen LogP contribution in [0.3, 0.4) is 0 Å². The summed E-state index contributed by atoms with van der Waals surface area (Å²) in [6.07, 6.45) is 0. The van der Waals surface area contributed by atoms with Crippen LogP contribution in [0, 0.1) is 6.92 Å². The van der Waals surface area contributed by atoms with E-state index < -0.39 is 0 Å². The van der Waals surface area contributed by atoms with E-state index in [9.17, 15) is 0 Å². The molecular weight excluding hydrogens is 200 g/mol. The number of H-pyrrole nitrogens is 1. The number of pyridine rings is 1. The number of fused-ring (bicyclic) bond motifs is 3. The molecule has 0 unspecified atom stereocenters. The molecule has 0 aliphatic carbocycles. The fraction of sp³-hybridized carbons (Fsp3) is 0.154. The van der Waals surface area contributed by atoms with Gasteiger partial charge in [-0.1, -0.05) is 18.2 Å². The number of aryl methyl sites for hydroxylation is 1. The minimum atomic E-state index is -0.0176. The molecule has 0 aliphatic heterocycles. The molecule has 0 saturated heterocycles. The maximum Gasteiger partial charge on any atom is 0.0853 e. The first-order chi connectivity index (χ1) is 7.79. The van der Waals surface area contributed by atoms with Gasteiger partial charge >= 0.3 is 0 Å². The zero-order chi connectivity index (χ0) is 11.1. The first kappa shape index (κ1) is 9.36. The van der Waals surface area contributed by atoms with Crippen LogP contribution >= 0.6 is 0 Å². The van der Waals surface area contributed by atoms with Crippen molar-refractivity contribution in [2.75, 3.05) is 0 Å². The van der Waals surface area contributed by atoms with E-state index in [1.54, 1.807) is 0 Å². The van der Waals surface area contributed by atoms with Crippen molar-refractivity contribution in [2.24, 2.45) is 0 Å². The molecule has 0 amide bonds. The first-order valence-electron chi connectivity index (χ1n) is 5.27. The van der Waals surface area contributed by atoms with Crippen LogP contribution in [0.4, 0.5) is 0 Å². The van der Waals surface area contributed by atoms with E-state index in [0.29, 0.717) is 0 Å². The number of para-hydroxylation sites is 1. The highest BCUT2D eigenvalue weighted by molar-refractivity contribution is 6.07. The zero-order valence-corrected chi connectivity index (χ0v) is 8.99. The van der Waals surface area contributed by atoms with Crippen molar-refractivity contribution in [1.82, 2.24) is 9.97 Å². The lowest BCUT2D eigenvalue weighted by Gasteiger charge is -1.99. The number of hydrogen-bond acceptors (Lipinski definition) is 2. The number of nitrogens with one attached hydrogen (secondary N) is 1. The Labute approximate surface area is 92.7 Å². The Morgan fingerprint density at radius 1 is 1.25 bits per heavy atom. The van der Waals surface area contributed by atoms with Crippen molar-refractivity contribution in [3.63, 3.8) is 0 Å². The van der Waals surface area contributed by atoms with Crippen molar-refractivity contribution < 1.29 is 5.11 Å². The summed E-state index contributed by atoms with van der Waals surface area (Å²) in [7, 11) is 0. The van der Waals surface area contributed by atoms with Crippen molar-refractivity contribution in [2.45, 2.75) is 13.5 Å². The molecule has 3 rings (SSSR count). The van der Waals surface area contributed by atoms with Gasteiger partial charge in [0.2, 0.25) is 0 Å². The van der Waals surface area contributed by atoms with E-state index in [0.717, 1.165) is 27.8 Å². The molecular formula is C13H12N2O. The molecule has 3 nitrogen and oxygen atoms in total. The summed E-state index contributed by atoms with van der Waals surface area (Å²) >= 11 is 0. The number of aromatic amines is 1. The smallest absolute Gasteiger partial charge is 0.0853 e. The Bertz CT molecular complexity index is 670. The molecule has 1 aromatic carbocycles. The van der Waals surface area contributed by atoms with Gasteiger partial charge in [-0.2, -0.15) is 0 Å². The molecule has 0 atom stereocenters. The van der Waals surface area contributed by atoms with E-state index >= 15 is 0 Å². The van der Waals surface area contributed by atoms with E-state index in [1.807, 2.05) is 31.2 Å². The van der Waals surface area contributed by atoms with Gasteiger partial charge in [-0.15, -0.1) is 0 Å². The molecule has 0 fully saturated rings.